The van der Waals surface area contributed by atoms with E-state index in [0.29, 0.717) is 0 Å². The van der Waals surface area contributed by atoms with Gasteiger partial charge >= 0.3 is 0 Å². The first-order valence-electron chi connectivity index (χ1n) is 12.6. The first-order chi connectivity index (χ1) is 18.7. The van der Waals surface area contributed by atoms with Crippen LogP contribution in [0.1, 0.15) is 5.56 Å². The van der Waals surface area contributed by atoms with Gasteiger partial charge in [0.05, 0.1) is 18.9 Å². The Morgan fingerprint density at radius 2 is 1.50 bits per heavy atom. The van der Waals surface area contributed by atoms with Gasteiger partial charge in [-0.25, -0.2) is 4.57 Å². The summed E-state index contributed by atoms with van der Waals surface area (Å²) in [4.78, 5) is 8.57. The predicted octanol–water partition coefficient (Wildman–Crippen LogP) is 7.30. The molecule has 0 atom stereocenters. The zero-order valence-electron chi connectivity index (χ0n) is 21.2. The number of nitrogens with zero attached hydrogens (tertiary/aromatic N) is 4. The van der Waals surface area contributed by atoms with E-state index in [-0.39, 0.29) is 0 Å². The Hall–Kier alpha value is -5.03. The molecule has 0 saturated carbocycles. The van der Waals surface area contributed by atoms with Crippen LogP contribution in [0.3, 0.4) is 0 Å². The van der Waals surface area contributed by atoms with Crippen LogP contribution in [0.15, 0.2) is 120 Å². The van der Waals surface area contributed by atoms with Crippen LogP contribution in [0.2, 0.25) is 0 Å². The summed E-state index contributed by atoms with van der Waals surface area (Å²) in [5.74, 6) is 1.08. The van der Waals surface area contributed by atoms with Crippen molar-refractivity contribution in [3.63, 3.8) is 0 Å². The number of aromatic nitrogens is 4. The van der Waals surface area contributed by atoms with Gasteiger partial charge in [-0.05, 0) is 41.8 Å². The molecule has 4 aromatic carbocycles. The topological polar surface area (TPSA) is 47.7 Å². The van der Waals surface area contributed by atoms with Gasteiger partial charge in [0.1, 0.15) is 29.2 Å². The summed E-state index contributed by atoms with van der Waals surface area (Å²) in [6.45, 7) is 2.15. The third kappa shape index (κ3) is 3.59. The third-order valence-corrected chi connectivity index (χ3v) is 7.20. The van der Waals surface area contributed by atoms with Crippen LogP contribution in [0.4, 0.5) is 0 Å². The number of fused-ring (bicyclic) bond motifs is 3. The minimum Gasteiger partial charge on any atom is -0.455 e. The Kier molecular flexibility index (Phi) is 5.15. The molecule has 7 rings (SSSR count). The second-order valence-electron chi connectivity index (χ2n) is 9.55. The number of imidazole rings is 1. The van der Waals surface area contributed by atoms with Crippen molar-refractivity contribution in [2.45, 2.75) is 6.92 Å². The van der Waals surface area contributed by atoms with Gasteiger partial charge in [-0.2, -0.15) is 4.57 Å². The number of benzene rings is 4. The molecule has 7 aromatic rings. The standard InChI is InChI=1S/C33H25N4O/c1-22-7-16-28-27-5-3-4-6-30(27)38-32(28)31(22)33-36(2)19-20-37(33)26-14-12-24(13-15-26)23-8-10-25(11-9-23)29-21-34-17-18-35-29/h3-21H,1-2H3/q+1. The normalized spacial score (nSPS) is 11.4. The molecule has 0 amide bonds. The van der Waals surface area contributed by atoms with E-state index in [1.54, 1.807) is 18.6 Å². The van der Waals surface area contributed by atoms with Crippen molar-refractivity contribution in [2.24, 2.45) is 7.05 Å². The maximum absolute atomic E-state index is 6.42. The van der Waals surface area contributed by atoms with Crippen molar-refractivity contribution < 1.29 is 8.98 Å². The largest absolute Gasteiger partial charge is 0.455 e. The summed E-state index contributed by atoms with van der Waals surface area (Å²) in [7, 11) is 2.08. The summed E-state index contributed by atoms with van der Waals surface area (Å²) in [5.41, 5.74) is 9.44. The maximum Gasteiger partial charge on any atom is 0.297 e. The molecule has 0 saturated heterocycles. The Balaban J connectivity index is 1.28. The van der Waals surface area contributed by atoms with E-state index in [4.69, 9.17) is 4.42 Å². The Morgan fingerprint density at radius 1 is 0.763 bits per heavy atom. The quantitative estimate of drug-likeness (QED) is 0.242. The van der Waals surface area contributed by atoms with Gasteiger partial charge in [0.25, 0.3) is 5.82 Å². The molecule has 5 heteroatoms. The van der Waals surface area contributed by atoms with E-state index in [9.17, 15) is 0 Å². The zero-order chi connectivity index (χ0) is 25.6. The van der Waals surface area contributed by atoms with Gasteiger partial charge in [0.2, 0.25) is 0 Å². The summed E-state index contributed by atoms with van der Waals surface area (Å²) < 4.78 is 10.8. The number of furan rings is 1. The van der Waals surface area contributed by atoms with Crippen LogP contribution in [-0.2, 0) is 7.05 Å². The van der Waals surface area contributed by atoms with Crippen LogP contribution < -0.4 is 4.57 Å². The zero-order valence-corrected chi connectivity index (χ0v) is 21.2. The molecule has 38 heavy (non-hydrogen) atoms. The van der Waals surface area contributed by atoms with E-state index in [0.717, 1.165) is 61.4 Å². The molecular formula is C33H25N4O+. The van der Waals surface area contributed by atoms with Gasteiger partial charge in [-0.3, -0.25) is 9.97 Å². The highest BCUT2D eigenvalue weighted by Crippen LogP contribution is 2.37. The molecule has 0 unspecified atom stereocenters. The van der Waals surface area contributed by atoms with Crippen molar-refractivity contribution in [1.82, 2.24) is 14.5 Å². The van der Waals surface area contributed by atoms with E-state index >= 15 is 0 Å². The minimum atomic E-state index is 0.872. The summed E-state index contributed by atoms with van der Waals surface area (Å²) >= 11 is 0. The maximum atomic E-state index is 6.42. The fraction of sp³-hybridized carbons (Fsp3) is 0.0606. The molecule has 5 nitrogen and oxygen atoms in total. The van der Waals surface area contributed by atoms with Gasteiger partial charge in [-0.15, -0.1) is 0 Å². The lowest BCUT2D eigenvalue weighted by Crippen LogP contribution is -2.29. The molecule has 3 heterocycles. The van der Waals surface area contributed by atoms with Gasteiger partial charge in [-0.1, -0.05) is 66.7 Å². The number of hydrogen-bond donors (Lipinski definition) is 0. The number of rotatable bonds is 4. The molecule has 0 aliphatic rings. The minimum absolute atomic E-state index is 0.872. The number of hydrogen-bond acceptors (Lipinski definition) is 3. The van der Waals surface area contributed by atoms with Crippen LogP contribution in [0.5, 0.6) is 0 Å². The van der Waals surface area contributed by atoms with E-state index < -0.39 is 0 Å². The van der Waals surface area contributed by atoms with Crippen LogP contribution >= 0.6 is 0 Å². The predicted molar refractivity (Wildman–Crippen MR) is 151 cm³/mol. The van der Waals surface area contributed by atoms with Crippen molar-refractivity contribution >= 4 is 21.9 Å². The fourth-order valence-corrected chi connectivity index (χ4v) is 5.24. The Morgan fingerprint density at radius 3 is 2.26 bits per heavy atom. The van der Waals surface area contributed by atoms with Crippen LogP contribution in [0, 0.1) is 6.92 Å². The first-order valence-corrected chi connectivity index (χ1v) is 12.6. The first kappa shape index (κ1) is 22.2. The van der Waals surface area contributed by atoms with Crippen LogP contribution in [-0.4, -0.2) is 14.5 Å². The second kappa shape index (κ2) is 8.82. The van der Waals surface area contributed by atoms with E-state index in [1.807, 2.05) is 12.1 Å². The van der Waals surface area contributed by atoms with Gasteiger partial charge in [0.15, 0.2) is 5.58 Å². The summed E-state index contributed by atoms with van der Waals surface area (Å²) in [5, 5.41) is 2.27. The average Bonchev–Trinajstić information content (AvgIpc) is 3.54. The molecule has 0 aliphatic heterocycles. The Bertz CT molecular complexity index is 1920. The molecule has 0 spiro atoms. The molecule has 182 valence electrons. The molecule has 0 aliphatic carbocycles. The SMILES string of the molecule is Cc1ccc2c(oc3ccccc32)c1-c1n(-c2ccc(-c3ccc(-c4cnccn4)cc3)cc2)cc[n+]1C. The fourth-order valence-electron chi connectivity index (χ4n) is 5.24. The number of para-hydroxylation sites is 1. The third-order valence-electron chi connectivity index (χ3n) is 7.20. The van der Waals surface area contributed by atoms with Crippen molar-refractivity contribution in [1.29, 1.82) is 0 Å². The molecule has 0 N–H and O–H groups in total. The molecule has 3 aromatic heterocycles. The van der Waals surface area contributed by atoms with Gasteiger partial charge < -0.3 is 4.42 Å². The second-order valence-corrected chi connectivity index (χ2v) is 9.55. The Labute approximate surface area is 220 Å². The molecule has 0 bridgehead atoms. The lowest BCUT2D eigenvalue weighted by Gasteiger charge is -2.08. The highest BCUT2D eigenvalue weighted by molar-refractivity contribution is 6.09. The summed E-state index contributed by atoms with van der Waals surface area (Å²) in [6, 6.07) is 29.7. The highest BCUT2D eigenvalue weighted by atomic mass is 16.3. The van der Waals surface area contributed by atoms with Crippen molar-refractivity contribution in [2.75, 3.05) is 0 Å². The molecule has 0 fully saturated rings. The van der Waals surface area contributed by atoms with E-state index in [2.05, 4.69) is 118 Å². The molecular weight excluding hydrogens is 468 g/mol. The highest BCUT2D eigenvalue weighted by Gasteiger charge is 2.26. The average molecular weight is 494 g/mol. The van der Waals surface area contributed by atoms with Gasteiger partial charge in [0, 0.05) is 28.7 Å². The smallest absolute Gasteiger partial charge is 0.297 e. The summed E-state index contributed by atoms with van der Waals surface area (Å²) in [6.07, 6.45) is 9.39. The van der Waals surface area contributed by atoms with Crippen molar-refractivity contribution in [3.8, 4) is 39.5 Å². The number of aryl methyl sites for hydroxylation is 2. The van der Waals surface area contributed by atoms with Crippen LogP contribution in [0.25, 0.3) is 61.4 Å². The monoisotopic (exact) mass is 493 g/mol. The van der Waals surface area contributed by atoms with E-state index in [1.165, 1.54) is 5.56 Å². The lowest BCUT2D eigenvalue weighted by atomic mass is 10.0. The lowest BCUT2D eigenvalue weighted by molar-refractivity contribution is -0.659. The molecule has 0 radical (unpaired) electrons. The van der Waals surface area contributed by atoms with Crippen molar-refractivity contribution in [3.05, 3.63) is 121 Å².